The number of nitrogens with zero attached hydrogens (tertiary/aromatic N) is 3. The van der Waals surface area contributed by atoms with Gasteiger partial charge in [0.1, 0.15) is 5.82 Å². The molecule has 2 aromatic heterocycles. The smallest absolute Gasteiger partial charge is 0.223 e. The molecule has 5 heteroatoms. The van der Waals surface area contributed by atoms with Crippen molar-refractivity contribution in [2.75, 3.05) is 5.32 Å². The Hall–Kier alpha value is -3.21. The first kappa shape index (κ1) is 15.1. The summed E-state index contributed by atoms with van der Waals surface area (Å²) >= 11 is 0. The Labute approximate surface area is 151 Å². The molecule has 1 aliphatic carbocycles. The second kappa shape index (κ2) is 5.95. The topological polar surface area (TPSA) is 63.8 Å². The summed E-state index contributed by atoms with van der Waals surface area (Å²) in [6, 6.07) is 19.0. The molecule has 2 heterocycles. The molecule has 5 rings (SSSR count). The standard InChI is InChI=1S/C21H18N4O/c1-13-22-21(25-26-13)17-7-4-8-18-16(17)10-12-20(23-18)24-19-11-9-14-5-2-3-6-15(14)19/h2-8,10,12,19H,9,11H2,1H3,(H,23,24)/t19-/m1/s1. The van der Waals surface area contributed by atoms with Crippen LogP contribution in [0, 0.1) is 6.92 Å². The number of hydrogen-bond donors (Lipinski definition) is 1. The van der Waals surface area contributed by atoms with Crippen molar-refractivity contribution in [2.45, 2.75) is 25.8 Å². The van der Waals surface area contributed by atoms with E-state index in [9.17, 15) is 0 Å². The van der Waals surface area contributed by atoms with Gasteiger partial charge in [0, 0.05) is 17.9 Å². The first-order valence-electron chi connectivity index (χ1n) is 8.83. The van der Waals surface area contributed by atoms with Crippen molar-refractivity contribution < 1.29 is 4.52 Å². The summed E-state index contributed by atoms with van der Waals surface area (Å²) < 4.78 is 5.12. The molecule has 0 saturated carbocycles. The summed E-state index contributed by atoms with van der Waals surface area (Å²) in [5.74, 6) is 2.05. The van der Waals surface area contributed by atoms with Gasteiger partial charge in [-0.1, -0.05) is 41.6 Å². The van der Waals surface area contributed by atoms with E-state index in [0.29, 0.717) is 17.8 Å². The fourth-order valence-corrected chi connectivity index (χ4v) is 3.72. The van der Waals surface area contributed by atoms with Crippen molar-refractivity contribution in [1.29, 1.82) is 0 Å². The van der Waals surface area contributed by atoms with Crippen LogP contribution in [0.3, 0.4) is 0 Å². The molecule has 128 valence electrons. The van der Waals surface area contributed by atoms with E-state index in [0.717, 1.165) is 35.1 Å². The maximum absolute atomic E-state index is 5.12. The van der Waals surface area contributed by atoms with Crippen molar-refractivity contribution in [3.05, 3.63) is 71.6 Å². The number of aromatic nitrogens is 3. The zero-order valence-corrected chi connectivity index (χ0v) is 14.4. The van der Waals surface area contributed by atoms with Gasteiger partial charge in [0.25, 0.3) is 0 Å². The number of benzene rings is 2. The van der Waals surface area contributed by atoms with E-state index in [2.05, 4.69) is 45.8 Å². The molecule has 1 N–H and O–H groups in total. The first-order chi connectivity index (χ1) is 12.8. The quantitative estimate of drug-likeness (QED) is 0.585. The van der Waals surface area contributed by atoms with Crippen LogP contribution < -0.4 is 5.32 Å². The lowest BCUT2D eigenvalue weighted by molar-refractivity contribution is 0.394. The minimum Gasteiger partial charge on any atom is -0.363 e. The number of rotatable bonds is 3. The highest BCUT2D eigenvalue weighted by Crippen LogP contribution is 2.34. The highest BCUT2D eigenvalue weighted by atomic mass is 16.5. The van der Waals surface area contributed by atoms with Gasteiger partial charge >= 0.3 is 0 Å². The second-order valence-electron chi connectivity index (χ2n) is 6.64. The van der Waals surface area contributed by atoms with Crippen molar-refractivity contribution in [1.82, 2.24) is 15.1 Å². The van der Waals surface area contributed by atoms with Gasteiger partial charge in [-0.15, -0.1) is 0 Å². The van der Waals surface area contributed by atoms with E-state index >= 15 is 0 Å². The van der Waals surface area contributed by atoms with E-state index in [1.807, 2.05) is 24.3 Å². The summed E-state index contributed by atoms with van der Waals surface area (Å²) in [5, 5.41) is 8.65. The number of fused-ring (bicyclic) bond motifs is 2. The largest absolute Gasteiger partial charge is 0.363 e. The van der Waals surface area contributed by atoms with Crippen LogP contribution in [-0.4, -0.2) is 15.1 Å². The maximum atomic E-state index is 5.12. The van der Waals surface area contributed by atoms with Crippen molar-refractivity contribution in [3.8, 4) is 11.4 Å². The Morgan fingerprint density at radius 3 is 2.81 bits per heavy atom. The van der Waals surface area contributed by atoms with Crippen LogP contribution in [0.4, 0.5) is 5.82 Å². The van der Waals surface area contributed by atoms with Crippen LogP contribution in [0.1, 0.15) is 29.5 Å². The first-order valence-corrected chi connectivity index (χ1v) is 8.83. The van der Waals surface area contributed by atoms with E-state index in [-0.39, 0.29) is 0 Å². The zero-order chi connectivity index (χ0) is 17.5. The molecule has 5 nitrogen and oxygen atoms in total. The van der Waals surface area contributed by atoms with E-state index in [4.69, 9.17) is 9.51 Å². The van der Waals surface area contributed by atoms with Gasteiger partial charge < -0.3 is 9.84 Å². The highest BCUT2D eigenvalue weighted by Gasteiger charge is 2.22. The van der Waals surface area contributed by atoms with E-state index in [1.165, 1.54) is 11.1 Å². The number of nitrogens with one attached hydrogen (secondary N) is 1. The van der Waals surface area contributed by atoms with Gasteiger partial charge in [-0.3, -0.25) is 0 Å². The van der Waals surface area contributed by atoms with Crippen molar-refractivity contribution >= 4 is 16.7 Å². The average molecular weight is 342 g/mol. The van der Waals surface area contributed by atoms with Crippen LogP contribution >= 0.6 is 0 Å². The minimum atomic E-state index is 0.319. The SMILES string of the molecule is Cc1nc(-c2cccc3nc(N[C@@H]4CCc5ccccc54)ccc23)no1. The molecule has 1 aliphatic rings. The van der Waals surface area contributed by atoms with Gasteiger partial charge in [0.05, 0.1) is 11.6 Å². The third kappa shape index (κ3) is 2.52. The number of aryl methyl sites for hydroxylation is 2. The molecule has 26 heavy (non-hydrogen) atoms. The molecule has 0 aliphatic heterocycles. The lowest BCUT2D eigenvalue weighted by atomic mass is 10.1. The number of pyridine rings is 1. The Morgan fingerprint density at radius 1 is 1.00 bits per heavy atom. The molecule has 2 aromatic carbocycles. The molecule has 0 radical (unpaired) electrons. The molecule has 0 spiro atoms. The monoisotopic (exact) mass is 342 g/mol. The Kier molecular flexibility index (Phi) is 3.45. The fourth-order valence-electron chi connectivity index (χ4n) is 3.72. The van der Waals surface area contributed by atoms with Crippen LogP contribution in [0.25, 0.3) is 22.3 Å². The number of anilines is 1. The second-order valence-corrected chi connectivity index (χ2v) is 6.64. The minimum absolute atomic E-state index is 0.319. The molecule has 0 fully saturated rings. The third-order valence-corrected chi connectivity index (χ3v) is 4.96. The molecular weight excluding hydrogens is 324 g/mol. The van der Waals surface area contributed by atoms with Crippen molar-refractivity contribution in [3.63, 3.8) is 0 Å². The van der Waals surface area contributed by atoms with Crippen LogP contribution in [0.15, 0.2) is 59.1 Å². The van der Waals surface area contributed by atoms with Gasteiger partial charge in [0.2, 0.25) is 11.7 Å². The normalized spacial score (nSPS) is 16.0. The summed E-state index contributed by atoms with van der Waals surface area (Å²) in [5.41, 5.74) is 4.66. The average Bonchev–Trinajstić information content (AvgIpc) is 3.28. The maximum Gasteiger partial charge on any atom is 0.223 e. The van der Waals surface area contributed by atoms with Gasteiger partial charge in [-0.2, -0.15) is 4.98 Å². The van der Waals surface area contributed by atoms with Gasteiger partial charge in [-0.05, 0) is 42.2 Å². The third-order valence-electron chi connectivity index (χ3n) is 4.96. The molecule has 0 saturated heterocycles. The van der Waals surface area contributed by atoms with Crippen LogP contribution in [0.2, 0.25) is 0 Å². The lowest BCUT2D eigenvalue weighted by Gasteiger charge is -2.15. The fraction of sp³-hybridized carbons (Fsp3) is 0.190. The lowest BCUT2D eigenvalue weighted by Crippen LogP contribution is -2.08. The summed E-state index contributed by atoms with van der Waals surface area (Å²) in [6.07, 6.45) is 2.21. The van der Waals surface area contributed by atoms with Crippen LogP contribution in [-0.2, 0) is 6.42 Å². The Morgan fingerprint density at radius 2 is 1.92 bits per heavy atom. The molecule has 0 bridgehead atoms. The summed E-state index contributed by atoms with van der Waals surface area (Å²) in [4.78, 5) is 9.15. The molecular formula is C21H18N4O. The van der Waals surface area contributed by atoms with Gasteiger partial charge in [-0.25, -0.2) is 4.98 Å². The Balaban J connectivity index is 1.50. The summed E-state index contributed by atoms with van der Waals surface area (Å²) in [7, 11) is 0. The molecule has 4 aromatic rings. The molecule has 0 unspecified atom stereocenters. The zero-order valence-electron chi connectivity index (χ0n) is 14.4. The van der Waals surface area contributed by atoms with E-state index < -0.39 is 0 Å². The summed E-state index contributed by atoms with van der Waals surface area (Å²) in [6.45, 7) is 1.79. The number of hydrogen-bond acceptors (Lipinski definition) is 5. The molecule has 0 amide bonds. The Bertz CT molecular complexity index is 1100. The van der Waals surface area contributed by atoms with Crippen LogP contribution in [0.5, 0.6) is 0 Å². The predicted octanol–water partition coefficient (Wildman–Crippen LogP) is 4.69. The molecule has 1 atom stereocenters. The highest BCUT2D eigenvalue weighted by molar-refractivity contribution is 5.93. The van der Waals surface area contributed by atoms with Crippen molar-refractivity contribution in [2.24, 2.45) is 0 Å². The van der Waals surface area contributed by atoms with Gasteiger partial charge in [0.15, 0.2) is 0 Å². The predicted molar refractivity (Wildman–Crippen MR) is 101 cm³/mol. The van der Waals surface area contributed by atoms with E-state index in [1.54, 1.807) is 6.92 Å².